The van der Waals surface area contributed by atoms with Gasteiger partial charge in [0.1, 0.15) is 13.1 Å². The van der Waals surface area contributed by atoms with Gasteiger partial charge in [-0.15, -0.1) is 0 Å². The molecule has 0 aliphatic rings. The SMILES string of the molecule is COc1cc2nc(C[NH+](C)Cc3ccc(C(F)(F)F)cc3)[nH]c(=O)c2cc1OC. The predicted molar refractivity (Wildman–Crippen MR) is 101 cm³/mol. The van der Waals surface area contributed by atoms with Crippen LogP contribution >= 0.6 is 0 Å². The number of H-pyrrole nitrogens is 1. The number of ether oxygens (including phenoxy) is 2. The van der Waals surface area contributed by atoms with Gasteiger partial charge >= 0.3 is 6.18 Å². The fourth-order valence-electron chi connectivity index (χ4n) is 3.11. The molecule has 0 saturated heterocycles. The number of hydrogen-bond acceptors (Lipinski definition) is 4. The highest BCUT2D eigenvalue weighted by atomic mass is 19.4. The van der Waals surface area contributed by atoms with Crippen molar-refractivity contribution in [3.63, 3.8) is 0 Å². The summed E-state index contributed by atoms with van der Waals surface area (Å²) < 4.78 is 48.5. The number of aromatic amines is 1. The van der Waals surface area contributed by atoms with Crippen molar-refractivity contribution in [3.8, 4) is 11.5 Å². The molecule has 9 heteroatoms. The van der Waals surface area contributed by atoms with E-state index in [9.17, 15) is 18.0 Å². The van der Waals surface area contributed by atoms with Crippen LogP contribution in [-0.2, 0) is 19.3 Å². The van der Waals surface area contributed by atoms with Crippen LogP contribution in [0.1, 0.15) is 17.0 Å². The lowest BCUT2D eigenvalue weighted by Crippen LogP contribution is -3.06. The normalized spacial score (nSPS) is 12.8. The molecule has 0 aliphatic heterocycles. The van der Waals surface area contributed by atoms with E-state index in [0.29, 0.717) is 41.3 Å². The molecule has 29 heavy (non-hydrogen) atoms. The lowest BCUT2D eigenvalue weighted by molar-refractivity contribution is -0.908. The van der Waals surface area contributed by atoms with Crippen LogP contribution in [0.2, 0.25) is 0 Å². The highest BCUT2D eigenvalue weighted by molar-refractivity contribution is 5.81. The number of methoxy groups -OCH3 is 2. The minimum Gasteiger partial charge on any atom is -0.493 e. The lowest BCUT2D eigenvalue weighted by Gasteiger charge is -2.15. The van der Waals surface area contributed by atoms with Gasteiger partial charge in [0.05, 0.1) is 37.7 Å². The molecule has 0 saturated carbocycles. The van der Waals surface area contributed by atoms with Crippen molar-refractivity contribution < 1.29 is 27.5 Å². The Kier molecular flexibility index (Phi) is 5.78. The molecule has 2 aromatic carbocycles. The maximum atomic E-state index is 12.7. The number of aromatic nitrogens is 2. The van der Waals surface area contributed by atoms with Gasteiger partial charge in [0.15, 0.2) is 17.3 Å². The number of alkyl halides is 3. The van der Waals surface area contributed by atoms with Crippen LogP contribution in [-0.4, -0.2) is 31.2 Å². The van der Waals surface area contributed by atoms with Crippen LogP contribution in [0.25, 0.3) is 10.9 Å². The van der Waals surface area contributed by atoms with Crippen LogP contribution in [0.4, 0.5) is 13.2 Å². The topological polar surface area (TPSA) is 68.7 Å². The number of rotatable bonds is 6. The number of hydrogen-bond donors (Lipinski definition) is 2. The fraction of sp³-hybridized carbons (Fsp3) is 0.300. The molecule has 154 valence electrons. The number of fused-ring (bicyclic) bond motifs is 1. The Morgan fingerprint density at radius 2 is 1.66 bits per heavy atom. The summed E-state index contributed by atoms with van der Waals surface area (Å²) in [5, 5.41) is 0.381. The molecule has 1 heterocycles. The highest BCUT2D eigenvalue weighted by Crippen LogP contribution is 2.30. The van der Waals surface area contributed by atoms with Crippen LogP contribution in [0.5, 0.6) is 11.5 Å². The largest absolute Gasteiger partial charge is 0.493 e. The zero-order valence-corrected chi connectivity index (χ0v) is 16.2. The summed E-state index contributed by atoms with van der Waals surface area (Å²) in [5.41, 5.74) is 0.255. The zero-order chi connectivity index (χ0) is 21.2. The molecule has 0 spiro atoms. The van der Waals surface area contributed by atoms with E-state index in [2.05, 4.69) is 9.97 Å². The molecule has 3 aromatic rings. The first-order valence-electron chi connectivity index (χ1n) is 8.83. The molecule has 3 rings (SSSR count). The molecular formula is C20H21F3N3O3+. The first-order valence-corrected chi connectivity index (χ1v) is 8.83. The van der Waals surface area contributed by atoms with Crippen LogP contribution in [0, 0.1) is 0 Å². The first kappa shape index (κ1) is 20.7. The molecule has 1 aromatic heterocycles. The Hall–Kier alpha value is -3.07. The zero-order valence-electron chi connectivity index (χ0n) is 16.2. The summed E-state index contributed by atoms with van der Waals surface area (Å²) in [6.45, 7) is 0.867. The predicted octanol–water partition coefficient (Wildman–Crippen LogP) is 2.17. The summed E-state index contributed by atoms with van der Waals surface area (Å²) in [6, 6.07) is 8.26. The third-order valence-corrected chi connectivity index (χ3v) is 4.52. The van der Waals surface area contributed by atoms with Gasteiger partial charge in [0.25, 0.3) is 5.56 Å². The second kappa shape index (κ2) is 8.12. The molecule has 1 atom stereocenters. The van der Waals surface area contributed by atoms with E-state index in [4.69, 9.17) is 9.47 Å². The van der Waals surface area contributed by atoms with Crippen molar-refractivity contribution in [1.29, 1.82) is 0 Å². The molecule has 0 amide bonds. The van der Waals surface area contributed by atoms with Crippen molar-refractivity contribution in [2.45, 2.75) is 19.3 Å². The molecule has 0 fully saturated rings. The lowest BCUT2D eigenvalue weighted by atomic mass is 10.1. The maximum Gasteiger partial charge on any atom is 0.416 e. The van der Waals surface area contributed by atoms with Gasteiger partial charge in [-0.25, -0.2) is 4.98 Å². The molecule has 1 unspecified atom stereocenters. The summed E-state index contributed by atoms with van der Waals surface area (Å²) in [6.07, 6.45) is -4.35. The molecule has 0 radical (unpaired) electrons. The van der Waals surface area contributed by atoms with Crippen LogP contribution in [0.15, 0.2) is 41.2 Å². The molecule has 0 aliphatic carbocycles. The Bertz CT molecular complexity index is 1060. The monoisotopic (exact) mass is 408 g/mol. The van der Waals surface area contributed by atoms with E-state index in [1.54, 1.807) is 12.1 Å². The average molecular weight is 408 g/mol. The summed E-state index contributed by atoms with van der Waals surface area (Å²) in [4.78, 5) is 20.6. The van der Waals surface area contributed by atoms with Gasteiger partial charge in [-0.05, 0) is 18.2 Å². The second-order valence-electron chi connectivity index (χ2n) is 6.74. The summed E-state index contributed by atoms with van der Waals surface area (Å²) in [7, 11) is 4.86. The first-order chi connectivity index (χ1) is 13.7. The van der Waals surface area contributed by atoms with Crippen LogP contribution in [0.3, 0.4) is 0 Å². The highest BCUT2D eigenvalue weighted by Gasteiger charge is 2.30. The number of nitrogens with one attached hydrogen (secondary N) is 2. The Morgan fingerprint density at radius 1 is 1.03 bits per heavy atom. The molecule has 0 bridgehead atoms. The van der Waals surface area contributed by atoms with Crippen LogP contribution < -0.4 is 19.9 Å². The van der Waals surface area contributed by atoms with E-state index in [1.165, 1.54) is 26.4 Å². The third-order valence-electron chi connectivity index (χ3n) is 4.52. The fourth-order valence-corrected chi connectivity index (χ4v) is 3.11. The Morgan fingerprint density at radius 3 is 2.24 bits per heavy atom. The van der Waals surface area contributed by atoms with Gasteiger partial charge in [-0.3, -0.25) is 4.79 Å². The molecule has 2 N–H and O–H groups in total. The minimum absolute atomic E-state index is 0.298. The maximum absolute atomic E-state index is 12.7. The van der Waals surface area contributed by atoms with Gasteiger partial charge in [0.2, 0.25) is 0 Å². The number of nitrogens with zero attached hydrogens (tertiary/aromatic N) is 1. The van der Waals surface area contributed by atoms with Crippen molar-refractivity contribution in [2.24, 2.45) is 0 Å². The van der Waals surface area contributed by atoms with Gasteiger partial charge in [-0.2, -0.15) is 13.2 Å². The van der Waals surface area contributed by atoms with E-state index in [0.717, 1.165) is 22.6 Å². The Balaban J connectivity index is 1.79. The van der Waals surface area contributed by atoms with Gasteiger partial charge in [-0.1, -0.05) is 12.1 Å². The van der Waals surface area contributed by atoms with E-state index < -0.39 is 11.7 Å². The number of benzene rings is 2. The minimum atomic E-state index is -4.35. The number of halogens is 3. The third kappa shape index (κ3) is 4.68. The van der Waals surface area contributed by atoms with E-state index >= 15 is 0 Å². The van der Waals surface area contributed by atoms with Gasteiger partial charge in [0, 0.05) is 11.6 Å². The van der Waals surface area contributed by atoms with E-state index in [-0.39, 0.29) is 5.56 Å². The van der Waals surface area contributed by atoms with Crippen molar-refractivity contribution in [3.05, 3.63) is 63.7 Å². The quantitative estimate of drug-likeness (QED) is 0.656. The standard InChI is InChI=1S/C20H20F3N3O3/c1-26(10-12-4-6-13(7-5-12)20(21,22)23)11-18-24-15-9-17(29-3)16(28-2)8-14(15)19(27)25-18/h4-9H,10-11H2,1-3H3,(H,24,25,27)/p+1. The van der Waals surface area contributed by atoms with E-state index in [1.807, 2.05) is 7.05 Å². The molecule has 6 nitrogen and oxygen atoms in total. The smallest absolute Gasteiger partial charge is 0.416 e. The summed E-state index contributed by atoms with van der Waals surface area (Å²) >= 11 is 0. The molecular weight excluding hydrogens is 387 g/mol. The van der Waals surface area contributed by atoms with Crippen molar-refractivity contribution in [2.75, 3.05) is 21.3 Å². The Labute approximate surface area is 164 Å². The van der Waals surface area contributed by atoms with Crippen molar-refractivity contribution >= 4 is 10.9 Å². The average Bonchev–Trinajstić information content (AvgIpc) is 2.66. The summed E-state index contributed by atoms with van der Waals surface area (Å²) in [5.74, 6) is 1.37. The number of quaternary nitrogens is 1. The van der Waals surface area contributed by atoms with Crippen molar-refractivity contribution in [1.82, 2.24) is 9.97 Å². The second-order valence-corrected chi connectivity index (χ2v) is 6.74. The van der Waals surface area contributed by atoms with Gasteiger partial charge < -0.3 is 19.4 Å².